The Morgan fingerprint density at radius 3 is 2.02 bits per heavy atom. The minimum absolute atomic E-state index is 0.301. The number of piperidine rings is 1. The highest BCUT2D eigenvalue weighted by atomic mass is 19.4. The van der Waals surface area contributed by atoms with Crippen LogP contribution in [0.4, 0.5) is 26.7 Å². The number of alkyl halides is 5. The quantitative estimate of drug-likeness (QED) is 0.192. The number of ketones is 1. The average molecular weight is 587 g/mol. The molecule has 16 heteroatoms. The minimum atomic E-state index is -5.23. The third-order valence-electron chi connectivity index (χ3n) is 6.81. The van der Waals surface area contributed by atoms with Gasteiger partial charge >= 0.3 is 12.3 Å². The zero-order valence-electron chi connectivity index (χ0n) is 22.5. The summed E-state index contributed by atoms with van der Waals surface area (Å²) >= 11 is 0. The van der Waals surface area contributed by atoms with Crippen molar-refractivity contribution in [2.24, 2.45) is 5.41 Å². The van der Waals surface area contributed by atoms with Gasteiger partial charge in [-0.15, -0.1) is 0 Å². The first-order valence-corrected chi connectivity index (χ1v) is 12.7. The summed E-state index contributed by atoms with van der Waals surface area (Å²) in [6, 6.07) is -5.79. The van der Waals surface area contributed by atoms with E-state index in [1.54, 1.807) is 0 Å². The summed E-state index contributed by atoms with van der Waals surface area (Å²) in [5, 5.41) is 25.9. The summed E-state index contributed by atoms with van der Waals surface area (Å²) in [7, 11) is 0. The van der Waals surface area contributed by atoms with Gasteiger partial charge in [-0.05, 0) is 31.6 Å². The van der Waals surface area contributed by atoms with Gasteiger partial charge in [0, 0.05) is 31.8 Å². The fraction of sp³-hybridized carbons (Fsp3) is 0.792. The van der Waals surface area contributed by atoms with Gasteiger partial charge in [0.2, 0.25) is 23.5 Å². The van der Waals surface area contributed by atoms with Crippen LogP contribution in [0.25, 0.3) is 0 Å². The number of amides is 4. The van der Waals surface area contributed by atoms with Crippen LogP contribution in [0.3, 0.4) is 0 Å². The SMILES string of the molecule is CC(F)(F)CCC(NC(=O)[C@@H]1CC(O)(C(F)(F)F)CCN1C(=O)C(NC(=O)O)C(C)(C)C)C(=O)C(=O)NC1CC1. The molecule has 228 valence electrons. The molecule has 0 radical (unpaired) electrons. The second-order valence-electron chi connectivity index (χ2n) is 11.6. The Morgan fingerprint density at radius 2 is 1.57 bits per heavy atom. The molecular formula is C24H35F5N4O7. The maximum atomic E-state index is 13.7. The van der Waals surface area contributed by atoms with Crippen molar-refractivity contribution in [1.82, 2.24) is 20.9 Å². The fourth-order valence-electron chi connectivity index (χ4n) is 4.26. The van der Waals surface area contributed by atoms with E-state index in [0.29, 0.717) is 24.7 Å². The van der Waals surface area contributed by atoms with Crippen LogP contribution in [0.15, 0.2) is 0 Å². The fourth-order valence-corrected chi connectivity index (χ4v) is 4.26. The Kier molecular flexibility index (Phi) is 9.81. The van der Waals surface area contributed by atoms with Crippen LogP contribution in [0.5, 0.6) is 0 Å². The molecule has 1 saturated heterocycles. The molecular weight excluding hydrogens is 551 g/mol. The molecule has 2 fully saturated rings. The first-order chi connectivity index (χ1) is 18.1. The number of hydrogen-bond acceptors (Lipinski definition) is 6. The largest absolute Gasteiger partial charge is 0.465 e. The molecule has 1 heterocycles. The summed E-state index contributed by atoms with van der Waals surface area (Å²) in [6.07, 6.45) is -9.81. The van der Waals surface area contributed by atoms with Crippen LogP contribution in [-0.4, -0.2) is 93.1 Å². The lowest BCUT2D eigenvalue weighted by Gasteiger charge is -2.46. The molecule has 0 aromatic carbocycles. The molecule has 0 bridgehead atoms. The summed E-state index contributed by atoms with van der Waals surface area (Å²) in [4.78, 5) is 63.8. The molecule has 5 N–H and O–H groups in total. The Hall–Kier alpha value is -3.04. The predicted molar refractivity (Wildman–Crippen MR) is 128 cm³/mol. The van der Waals surface area contributed by atoms with Crippen molar-refractivity contribution in [2.45, 2.75) is 108 Å². The van der Waals surface area contributed by atoms with Gasteiger partial charge in [0.15, 0.2) is 5.60 Å². The lowest BCUT2D eigenvalue weighted by molar-refractivity contribution is -0.276. The van der Waals surface area contributed by atoms with Gasteiger partial charge < -0.3 is 31.1 Å². The van der Waals surface area contributed by atoms with Crippen molar-refractivity contribution in [3.05, 3.63) is 0 Å². The minimum Gasteiger partial charge on any atom is -0.465 e. The van der Waals surface area contributed by atoms with Crippen molar-refractivity contribution >= 4 is 29.6 Å². The first-order valence-electron chi connectivity index (χ1n) is 12.7. The van der Waals surface area contributed by atoms with E-state index in [9.17, 15) is 56.1 Å². The number of Topliss-reactive ketones (excluding diaryl/α,β-unsaturated/α-hetero) is 1. The maximum Gasteiger partial charge on any atom is 0.417 e. The van der Waals surface area contributed by atoms with Gasteiger partial charge in [0.1, 0.15) is 12.1 Å². The normalized spacial score (nSPS) is 23.6. The van der Waals surface area contributed by atoms with Crippen LogP contribution in [0.2, 0.25) is 0 Å². The highest BCUT2D eigenvalue weighted by Gasteiger charge is 2.59. The number of carbonyl (C=O) groups excluding carboxylic acids is 4. The standard InChI is InChI=1S/C24H35F5N4O7/c1-21(2,3)16(32-20(38)39)19(37)33-10-9-23(40,24(27,28)29)11-14(33)17(35)31-13(7-8-22(4,25)26)15(34)18(36)30-12-5-6-12/h12-14,16,32,40H,5-11H2,1-4H3,(H,30,36)(H,31,35)(H,38,39)/t13?,14-,16?,23?/m0/s1. The molecule has 1 saturated carbocycles. The van der Waals surface area contributed by atoms with Crippen LogP contribution in [-0.2, 0) is 19.2 Å². The maximum absolute atomic E-state index is 13.7. The second-order valence-corrected chi connectivity index (χ2v) is 11.6. The molecule has 2 aliphatic rings. The highest BCUT2D eigenvalue weighted by molar-refractivity contribution is 6.38. The van der Waals surface area contributed by atoms with Gasteiger partial charge in [-0.3, -0.25) is 19.2 Å². The van der Waals surface area contributed by atoms with Crippen molar-refractivity contribution in [3.8, 4) is 0 Å². The number of nitrogens with zero attached hydrogens (tertiary/aromatic N) is 1. The summed E-state index contributed by atoms with van der Waals surface area (Å²) in [5.41, 5.74) is -4.54. The van der Waals surface area contributed by atoms with E-state index in [1.807, 2.05) is 10.6 Å². The van der Waals surface area contributed by atoms with Gasteiger partial charge in [-0.2, -0.15) is 13.2 Å². The average Bonchev–Trinajstić information content (AvgIpc) is 3.61. The number of carboxylic acid groups (broad SMARTS) is 1. The van der Waals surface area contributed by atoms with Crippen LogP contribution in [0, 0.1) is 5.41 Å². The molecule has 0 aromatic rings. The Labute approximate surface area is 227 Å². The van der Waals surface area contributed by atoms with Crippen LogP contribution in [0.1, 0.15) is 66.2 Å². The van der Waals surface area contributed by atoms with Crippen molar-refractivity contribution < 1.29 is 56.1 Å². The summed E-state index contributed by atoms with van der Waals surface area (Å²) in [5.74, 6) is -8.27. The van der Waals surface area contributed by atoms with Gasteiger partial charge in [-0.25, -0.2) is 13.6 Å². The van der Waals surface area contributed by atoms with E-state index in [1.165, 1.54) is 20.8 Å². The second kappa shape index (κ2) is 11.8. The molecule has 3 unspecified atom stereocenters. The number of carbonyl (C=O) groups is 5. The first kappa shape index (κ1) is 33.2. The molecule has 11 nitrogen and oxygen atoms in total. The van der Waals surface area contributed by atoms with Crippen LogP contribution >= 0.6 is 0 Å². The predicted octanol–water partition coefficient (Wildman–Crippen LogP) is 1.72. The zero-order chi connectivity index (χ0) is 30.8. The van der Waals surface area contributed by atoms with Gasteiger partial charge in [-0.1, -0.05) is 20.8 Å². The number of nitrogens with one attached hydrogen (secondary N) is 3. The van der Waals surface area contributed by atoms with E-state index < -0.39 is 103 Å². The highest BCUT2D eigenvalue weighted by Crippen LogP contribution is 2.41. The van der Waals surface area contributed by atoms with Gasteiger partial charge in [0.05, 0.1) is 6.04 Å². The molecule has 0 spiro atoms. The van der Waals surface area contributed by atoms with Crippen molar-refractivity contribution in [1.29, 1.82) is 0 Å². The Morgan fingerprint density at radius 1 is 1.00 bits per heavy atom. The molecule has 1 aliphatic carbocycles. The Balaban J connectivity index is 2.42. The van der Waals surface area contributed by atoms with E-state index in [2.05, 4.69) is 5.32 Å². The topological polar surface area (TPSA) is 165 Å². The third-order valence-corrected chi connectivity index (χ3v) is 6.81. The number of rotatable bonds is 10. The zero-order valence-corrected chi connectivity index (χ0v) is 22.5. The monoisotopic (exact) mass is 586 g/mol. The van der Waals surface area contributed by atoms with Crippen LogP contribution < -0.4 is 16.0 Å². The van der Waals surface area contributed by atoms with E-state index in [4.69, 9.17) is 0 Å². The third kappa shape index (κ3) is 8.73. The molecule has 40 heavy (non-hydrogen) atoms. The molecule has 4 atom stereocenters. The van der Waals surface area contributed by atoms with Gasteiger partial charge in [0.25, 0.3) is 5.91 Å². The van der Waals surface area contributed by atoms with E-state index >= 15 is 0 Å². The lowest BCUT2D eigenvalue weighted by atomic mass is 9.82. The molecule has 4 amide bonds. The Bertz CT molecular complexity index is 1010. The summed E-state index contributed by atoms with van der Waals surface area (Å²) < 4.78 is 68.3. The van der Waals surface area contributed by atoms with E-state index in [0.717, 1.165) is 0 Å². The smallest absolute Gasteiger partial charge is 0.417 e. The van der Waals surface area contributed by atoms with E-state index in [-0.39, 0.29) is 6.04 Å². The molecule has 1 aliphatic heterocycles. The summed E-state index contributed by atoms with van der Waals surface area (Å²) in [6.45, 7) is 4.11. The van der Waals surface area contributed by atoms with Crippen molar-refractivity contribution in [3.63, 3.8) is 0 Å². The molecule has 2 rings (SSSR count). The molecule has 0 aromatic heterocycles. The number of aliphatic hydroxyl groups is 1. The van der Waals surface area contributed by atoms with Crippen molar-refractivity contribution in [2.75, 3.05) is 6.54 Å². The lowest BCUT2D eigenvalue weighted by Crippen LogP contribution is -2.66. The number of likely N-dealkylation sites (tertiary alicyclic amines) is 1. The number of halogens is 5. The number of hydrogen-bond donors (Lipinski definition) is 5.